The Morgan fingerprint density at radius 1 is 1.18 bits per heavy atom. The van der Waals surface area contributed by atoms with Crippen molar-refractivity contribution < 1.29 is 27.8 Å². The SMILES string of the molecule is CC(C)C1(C)C(O)=C(C2=NP(=O)(O)c3cc(CCCCCS(C)(=O)=O)ccc3N2)C(=O)N1CCC(C)(C)C. The van der Waals surface area contributed by atoms with E-state index in [4.69, 9.17) is 0 Å². The molecule has 0 saturated carbocycles. The summed E-state index contributed by atoms with van der Waals surface area (Å²) in [6.07, 6.45) is 4.63. The number of fused-ring (bicyclic) bond motifs is 1. The van der Waals surface area contributed by atoms with Crippen LogP contribution in [-0.4, -0.2) is 59.2 Å². The molecule has 9 nitrogen and oxygen atoms in total. The Bertz CT molecular complexity index is 1310. The van der Waals surface area contributed by atoms with Crippen molar-refractivity contribution in [2.24, 2.45) is 16.1 Å². The highest BCUT2D eigenvalue weighted by atomic mass is 32.2. The Morgan fingerprint density at radius 2 is 1.84 bits per heavy atom. The number of aliphatic hydroxyl groups excluding tert-OH is 1. The molecule has 0 aromatic heterocycles. The zero-order valence-corrected chi connectivity index (χ0v) is 25.2. The molecule has 0 bridgehead atoms. The Morgan fingerprint density at radius 3 is 2.42 bits per heavy atom. The summed E-state index contributed by atoms with van der Waals surface area (Å²) in [4.78, 5) is 26.2. The maximum atomic E-state index is 13.6. The van der Waals surface area contributed by atoms with E-state index in [0.717, 1.165) is 24.8 Å². The molecule has 3 N–H and O–H groups in total. The van der Waals surface area contributed by atoms with Crippen LogP contribution in [0, 0.1) is 11.3 Å². The van der Waals surface area contributed by atoms with Crippen LogP contribution < -0.4 is 10.6 Å². The molecule has 1 amide bonds. The second-order valence-corrected chi connectivity index (χ2v) is 16.2. The normalized spacial score (nSPS) is 24.1. The topological polar surface area (TPSA) is 136 Å². The first-order valence-corrected chi connectivity index (χ1v) is 16.8. The van der Waals surface area contributed by atoms with Gasteiger partial charge in [0.1, 0.15) is 26.7 Å². The number of unbranched alkanes of at least 4 members (excludes halogenated alkanes) is 2. The van der Waals surface area contributed by atoms with E-state index in [2.05, 4.69) is 30.9 Å². The van der Waals surface area contributed by atoms with E-state index >= 15 is 0 Å². The smallest absolute Gasteiger partial charge is 0.346 e. The maximum absolute atomic E-state index is 13.6. The lowest BCUT2D eigenvalue weighted by Crippen LogP contribution is -2.50. The molecule has 0 saturated heterocycles. The zero-order valence-electron chi connectivity index (χ0n) is 23.5. The first-order chi connectivity index (χ1) is 17.4. The van der Waals surface area contributed by atoms with Gasteiger partial charge in [-0.25, -0.2) is 8.42 Å². The lowest BCUT2D eigenvalue weighted by molar-refractivity contribution is -0.131. The quantitative estimate of drug-likeness (QED) is 0.278. The van der Waals surface area contributed by atoms with Gasteiger partial charge < -0.3 is 20.2 Å². The number of sulfone groups is 1. The fraction of sp³-hybridized carbons (Fsp3) is 0.630. The molecule has 0 spiro atoms. The second-order valence-electron chi connectivity index (χ2n) is 12.2. The van der Waals surface area contributed by atoms with Crippen LogP contribution in [0.5, 0.6) is 0 Å². The van der Waals surface area contributed by atoms with Gasteiger partial charge in [0.2, 0.25) is 0 Å². The van der Waals surface area contributed by atoms with Gasteiger partial charge in [-0.05, 0) is 61.6 Å². The number of hydrogen-bond acceptors (Lipinski definition) is 6. The van der Waals surface area contributed by atoms with Crippen LogP contribution in [-0.2, 0) is 25.6 Å². The molecule has 2 aliphatic rings. The number of aliphatic hydroxyl groups is 1. The predicted molar refractivity (Wildman–Crippen MR) is 153 cm³/mol. The molecule has 38 heavy (non-hydrogen) atoms. The van der Waals surface area contributed by atoms with E-state index in [-0.39, 0.29) is 39.6 Å². The van der Waals surface area contributed by atoms with Gasteiger partial charge in [-0.1, -0.05) is 47.1 Å². The first kappa shape index (κ1) is 30.4. The number of amides is 1. The Balaban J connectivity index is 1.86. The second kappa shape index (κ2) is 10.8. The number of nitrogens with one attached hydrogen (secondary N) is 1. The minimum Gasteiger partial charge on any atom is -0.509 e. The summed E-state index contributed by atoms with van der Waals surface area (Å²) in [6, 6.07) is 5.16. The minimum absolute atomic E-state index is 0.0255. The van der Waals surface area contributed by atoms with Gasteiger partial charge >= 0.3 is 7.52 Å². The summed E-state index contributed by atoms with van der Waals surface area (Å²) in [5, 5.41) is 14.5. The van der Waals surface area contributed by atoms with Crippen molar-refractivity contribution in [3.05, 3.63) is 35.1 Å². The molecule has 0 aliphatic carbocycles. The van der Waals surface area contributed by atoms with Crippen molar-refractivity contribution in [2.45, 2.75) is 79.2 Å². The highest BCUT2D eigenvalue weighted by Gasteiger charge is 2.53. The number of carbonyl (C=O) groups is 1. The molecular weight excluding hydrogens is 525 g/mol. The predicted octanol–water partition coefficient (Wildman–Crippen LogP) is 4.58. The number of aryl methyl sites for hydroxylation is 1. The molecule has 2 atom stereocenters. The molecule has 11 heteroatoms. The number of carbonyl (C=O) groups excluding carboxylic acids is 1. The average Bonchev–Trinajstić information content (AvgIpc) is 2.96. The summed E-state index contributed by atoms with van der Waals surface area (Å²) in [7, 11) is -7.21. The Kier molecular flexibility index (Phi) is 8.62. The van der Waals surface area contributed by atoms with E-state index in [1.54, 1.807) is 17.0 Å². The number of amidine groups is 1. The van der Waals surface area contributed by atoms with Crippen molar-refractivity contribution in [1.82, 2.24) is 4.90 Å². The molecule has 212 valence electrons. The van der Waals surface area contributed by atoms with Crippen LogP contribution in [0.2, 0.25) is 0 Å². The number of rotatable bonds is 10. The zero-order chi connectivity index (χ0) is 28.7. The van der Waals surface area contributed by atoms with Gasteiger partial charge in [-0.2, -0.15) is 4.76 Å². The van der Waals surface area contributed by atoms with E-state index in [0.29, 0.717) is 25.1 Å². The van der Waals surface area contributed by atoms with Crippen molar-refractivity contribution in [2.75, 3.05) is 23.9 Å². The maximum Gasteiger partial charge on any atom is 0.346 e. The molecular formula is C27H42N3O6PS. The van der Waals surface area contributed by atoms with Gasteiger partial charge in [0, 0.05) is 18.6 Å². The van der Waals surface area contributed by atoms with Gasteiger partial charge in [0.25, 0.3) is 5.91 Å². The third kappa shape index (κ3) is 6.52. The Hall–Kier alpha value is -2.16. The van der Waals surface area contributed by atoms with Crippen molar-refractivity contribution in [3.63, 3.8) is 0 Å². The number of benzene rings is 1. The van der Waals surface area contributed by atoms with Gasteiger partial charge in [0.05, 0.1) is 11.0 Å². The average molecular weight is 568 g/mol. The summed E-state index contributed by atoms with van der Waals surface area (Å²) < 4.78 is 40.0. The van der Waals surface area contributed by atoms with E-state index in [9.17, 15) is 27.8 Å². The van der Waals surface area contributed by atoms with Crippen LogP contribution in [0.15, 0.2) is 34.3 Å². The highest BCUT2D eigenvalue weighted by Crippen LogP contribution is 2.49. The van der Waals surface area contributed by atoms with E-state index < -0.39 is 28.8 Å². The summed E-state index contributed by atoms with van der Waals surface area (Å²) in [6.45, 7) is 12.4. The molecule has 0 fully saturated rings. The summed E-state index contributed by atoms with van der Waals surface area (Å²) >= 11 is 0. The van der Waals surface area contributed by atoms with Gasteiger partial charge in [0.15, 0.2) is 5.84 Å². The largest absolute Gasteiger partial charge is 0.509 e. The monoisotopic (exact) mass is 567 g/mol. The van der Waals surface area contributed by atoms with Crippen LogP contribution in [0.1, 0.15) is 72.8 Å². The molecule has 2 heterocycles. The lowest BCUT2D eigenvalue weighted by atomic mass is 9.84. The van der Waals surface area contributed by atoms with Gasteiger partial charge in [-0.15, -0.1) is 0 Å². The fourth-order valence-corrected chi connectivity index (χ4v) is 6.85. The molecule has 1 aromatic carbocycles. The van der Waals surface area contributed by atoms with Crippen molar-refractivity contribution in [1.29, 1.82) is 0 Å². The number of nitrogens with zero attached hydrogens (tertiary/aromatic N) is 2. The fourth-order valence-electron chi connectivity index (χ4n) is 4.81. The van der Waals surface area contributed by atoms with Crippen molar-refractivity contribution >= 4 is 40.1 Å². The number of hydrogen-bond donors (Lipinski definition) is 3. The van der Waals surface area contributed by atoms with E-state index in [1.807, 2.05) is 26.8 Å². The molecule has 1 aromatic rings. The third-order valence-corrected chi connectivity index (χ3v) is 10.0. The van der Waals surface area contributed by atoms with Crippen LogP contribution in [0.4, 0.5) is 5.69 Å². The van der Waals surface area contributed by atoms with Crippen LogP contribution in [0.25, 0.3) is 0 Å². The lowest BCUT2D eigenvalue weighted by Gasteiger charge is -2.40. The van der Waals surface area contributed by atoms with Crippen LogP contribution >= 0.6 is 7.52 Å². The van der Waals surface area contributed by atoms with Crippen LogP contribution in [0.3, 0.4) is 0 Å². The Labute approximate surface area is 226 Å². The van der Waals surface area contributed by atoms with Crippen molar-refractivity contribution in [3.8, 4) is 0 Å². The standard InChI is InChI=1S/C27H42N3O6PS/c1-18(2)27(6)23(31)22(25(32)30(27)15-14-26(3,4)5)24-28-20-13-12-19(17-21(20)37(33,34)29-24)11-9-8-10-16-38(7,35)36/h12-13,17-18,31H,8-11,14-16H2,1-7H3,(H2,28,29,33,34). The summed E-state index contributed by atoms with van der Waals surface area (Å²) in [5.41, 5.74) is 0.155. The van der Waals surface area contributed by atoms with Gasteiger partial charge in [-0.3, -0.25) is 9.36 Å². The highest BCUT2D eigenvalue weighted by molar-refractivity contribution is 7.90. The first-order valence-electron chi connectivity index (χ1n) is 13.1. The summed E-state index contributed by atoms with van der Waals surface area (Å²) in [5.74, 6) is -0.615. The molecule has 2 aliphatic heterocycles. The third-order valence-electron chi connectivity index (χ3n) is 7.53. The number of anilines is 1. The minimum atomic E-state index is -4.23. The molecule has 3 rings (SSSR count). The molecule has 0 radical (unpaired) electrons. The molecule has 2 unspecified atom stereocenters. The van der Waals surface area contributed by atoms with E-state index in [1.165, 1.54) is 6.26 Å².